The second kappa shape index (κ2) is 5.09. The molecule has 4 nitrogen and oxygen atoms in total. The average molecular weight is 266 g/mol. The van der Waals surface area contributed by atoms with E-state index in [-0.39, 0.29) is 5.75 Å². The molecule has 0 spiro atoms. The molecule has 0 aliphatic rings. The number of hydrogen-bond acceptors (Lipinski definition) is 3. The van der Waals surface area contributed by atoms with Gasteiger partial charge in [0.05, 0.1) is 13.3 Å². The second-order valence-electron chi connectivity index (χ2n) is 4.45. The van der Waals surface area contributed by atoms with Gasteiger partial charge in [-0.3, -0.25) is 5.10 Å². The molecule has 0 aliphatic heterocycles. The van der Waals surface area contributed by atoms with E-state index < -0.39 is 0 Å². The summed E-state index contributed by atoms with van der Waals surface area (Å²) in [6.45, 7) is 0. The summed E-state index contributed by atoms with van der Waals surface area (Å²) in [5.74, 6) is 0.618. The fourth-order valence-electron chi connectivity index (χ4n) is 2.12. The number of nitrogens with zero attached hydrogens (tertiary/aromatic N) is 1. The fraction of sp³-hybridized carbons (Fsp3) is 0.0625. The normalized spacial score (nSPS) is 10.4. The molecule has 0 saturated heterocycles. The molecular formula is C16H14N2O2. The molecule has 4 heteroatoms. The van der Waals surface area contributed by atoms with Crippen LogP contribution in [0.3, 0.4) is 0 Å². The first-order valence-electron chi connectivity index (χ1n) is 6.24. The van der Waals surface area contributed by atoms with Crippen LogP contribution < -0.4 is 4.74 Å². The van der Waals surface area contributed by atoms with E-state index in [4.69, 9.17) is 4.74 Å². The zero-order valence-electron chi connectivity index (χ0n) is 11.0. The summed E-state index contributed by atoms with van der Waals surface area (Å²) in [6, 6.07) is 13.5. The minimum absolute atomic E-state index is 0.145. The molecule has 1 aromatic heterocycles. The maximum absolute atomic E-state index is 9.62. The third kappa shape index (κ3) is 2.23. The molecular weight excluding hydrogens is 252 g/mol. The molecule has 0 unspecified atom stereocenters. The number of aromatic nitrogens is 2. The highest BCUT2D eigenvalue weighted by Crippen LogP contribution is 2.32. The van der Waals surface area contributed by atoms with Crippen LogP contribution in [0.4, 0.5) is 0 Å². The Hall–Kier alpha value is -2.75. The fourth-order valence-corrected chi connectivity index (χ4v) is 2.12. The highest BCUT2D eigenvalue weighted by molar-refractivity contribution is 5.71. The molecule has 0 fully saturated rings. The first-order valence-corrected chi connectivity index (χ1v) is 6.24. The van der Waals surface area contributed by atoms with Gasteiger partial charge < -0.3 is 9.84 Å². The average Bonchev–Trinajstić information content (AvgIpc) is 3.02. The van der Waals surface area contributed by atoms with Crippen molar-refractivity contribution in [3.8, 4) is 33.8 Å². The molecule has 0 bridgehead atoms. The Kier molecular flexibility index (Phi) is 3.13. The van der Waals surface area contributed by atoms with E-state index in [0.717, 1.165) is 22.3 Å². The van der Waals surface area contributed by atoms with Crippen LogP contribution in [-0.2, 0) is 0 Å². The molecule has 0 aliphatic carbocycles. The lowest BCUT2D eigenvalue weighted by molar-refractivity contribution is 0.373. The van der Waals surface area contributed by atoms with Crippen molar-refractivity contribution in [3.63, 3.8) is 0 Å². The largest absolute Gasteiger partial charge is 0.504 e. The second-order valence-corrected chi connectivity index (χ2v) is 4.45. The first kappa shape index (κ1) is 12.3. The molecule has 0 radical (unpaired) electrons. The lowest BCUT2D eigenvalue weighted by atomic mass is 10.0. The number of methoxy groups -OCH3 is 1. The van der Waals surface area contributed by atoms with Crippen molar-refractivity contribution in [1.29, 1.82) is 0 Å². The predicted octanol–water partition coefficient (Wildman–Crippen LogP) is 3.46. The number of nitrogens with one attached hydrogen (secondary N) is 1. The zero-order valence-corrected chi connectivity index (χ0v) is 11.0. The molecule has 0 atom stereocenters. The summed E-state index contributed by atoms with van der Waals surface area (Å²) in [5, 5.41) is 16.4. The summed E-state index contributed by atoms with van der Waals surface area (Å²) in [4.78, 5) is 0. The molecule has 100 valence electrons. The Morgan fingerprint density at radius 1 is 0.950 bits per heavy atom. The summed E-state index contributed by atoms with van der Waals surface area (Å²) in [5.41, 5.74) is 4.22. The van der Waals surface area contributed by atoms with Crippen molar-refractivity contribution >= 4 is 0 Å². The van der Waals surface area contributed by atoms with Crippen LogP contribution in [-0.4, -0.2) is 22.4 Å². The minimum atomic E-state index is 0.145. The van der Waals surface area contributed by atoms with Gasteiger partial charge in [-0.25, -0.2) is 0 Å². The van der Waals surface area contributed by atoms with Gasteiger partial charge in [-0.05, 0) is 28.8 Å². The van der Waals surface area contributed by atoms with Crippen molar-refractivity contribution in [1.82, 2.24) is 10.2 Å². The first-order chi connectivity index (χ1) is 9.78. The van der Waals surface area contributed by atoms with Crippen molar-refractivity contribution in [2.45, 2.75) is 0 Å². The number of H-pyrrole nitrogens is 1. The Bertz CT molecular complexity index is 704. The van der Waals surface area contributed by atoms with Crippen LogP contribution in [0.1, 0.15) is 0 Å². The third-order valence-corrected chi connectivity index (χ3v) is 3.23. The van der Waals surface area contributed by atoms with Gasteiger partial charge in [0.25, 0.3) is 0 Å². The van der Waals surface area contributed by atoms with E-state index >= 15 is 0 Å². The Labute approximate surface area is 116 Å². The predicted molar refractivity (Wildman–Crippen MR) is 77.7 cm³/mol. The molecule has 3 rings (SSSR count). The van der Waals surface area contributed by atoms with Gasteiger partial charge in [-0.15, -0.1) is 0 Å². The van der Waals surface area contributed by atoms with Gasteiger partial charge in [0.1, 0.15) is 0 Å². The number of aromatic amines is 1. The maximum atomic E-state index is 9.62. The van der Waals surface area contributed by atoms with Crippen LogP contribution in [0.15, 0.2) is 54.9 Å². The minimum Gasteiger partial charge on any atom is -0.504 e. The van der Waals surface area contributed by atoms with Gasteiger partial charge in [0.15, 0.2) is 11.5 Å². The number of phenols is 1. The molecule has 1 heterocycles. The number of phenolic OH excluding ortho intramolecular Hbond substituents is 1. The van der Waals surface area contributed by atoms with Gasteiger partial charge in [-0.2, -0.15) is 5.10 Å². The summed E-state index contributed by atoms with van der Waals surface area (Å²) >= 11 is 0. The van der Waals surface area contributed by atoms with E-state index in [0.29, 0.717) is 5.75 Å². The number of aromatic hydroxyl groups is 1. The van der Waals surface area contributed by atoms with E-state index in [9.17, 15) is 5.11 Å². The number of benzene rings is 2. The Morgan fingerprint density at radius 2 is 1.60 bits per heavy atom. The summed E-state index contributed by atoms with van der Waals surface area (Å²) in [6.07, 6.45) is 3.65. The molecule has 2 N–H and O–H groups in total. The van der Waals surface area contributed by atoms with Crippen LogP contribution in [0.2, 0.25) is 0 Å². The van der Waals surface area contributed by atoms with Crippen LogP contribution in [0.25, 0.3) is 22.3 Å². The zero-order chi connectivity index (χ0) is 13.9. The Balaban J connectivity index is 1.95. The van der Waals surface area contributed by atoms with Crippen molar-refractivity contribution in [2.24, 2.45) is 0 Å². The molecule has 0 amide bonds. The van der Waals surface area contributed by atoms with Gasteiger partial charge in [0.2, 0.25) is 0 Å². The van der Waals surface area contributed by atoms with Gasteiger partial charge in [0, 0.05) is 11.8 Å². The van der Waals surface area contributed by atoms with Gasteiger partial charge >= 0.3 is 0 Å². The lowest BCUT2D eigenvalue weighted by Crippen LogP contribution is -1.85. The highest BCUT2D eigenvalue weighted by atomic mass is 16.5. The number of hydrogen-bond donors (Lipinski definition) is 2. The van der Waals surface area contributed by atoms with Crippen molar-refractivity contribution in [2.75, 3.05) is 7.11 Å². The monoisotopic (exact) mass is 266 g/mol. The van der Waals surface area contributed by atoms with Crippen molar-refractivity contribution < 1.29 is 9.84 Å². The Morgan fingerprint density at radius 3 is 2.20 bits per heavy atom. The molecule has 3 aromatic rings. The smallest absolute Gasteiger partial charge is 0.161 e. The molecule has 0 saturated carbocycles. The SMILES string of the molecule is COc1cc(-c2ccc(-c3cn[nH]c3)cc2)ccc1O. The standard InChI is InChI=1S/C16H14N2O2/c1-20-16-8-13(6-7-15(16)19)11-2-4-12(5-3-11)14-9-17-18-10-14/h2-10,19H,1H3,(H,17,18). The number of ether oxygens (including phenoxy) is 1. The summed E-state index contributed by atoms with van der Waals surface area (Å²) in [7, 11) is 1.54. The van der Waals surface area contributed by atoms with E-state index in [1.807, 2.05) is 42.6 Å². The van der Waals surface area contributed by atoms with Crippen LogP contribution >= 0.6 is 0 Å². The number of rotatable bonds is 3. The van der Waals surface area contributed by atoms with Crippen LogP contribution in [0, 0.1) is 0 Å². The van der Waals surface area contributed by atoms with Crippen LogP contribution in [0.5, 0.6) is 11.5 Å². The van der Waals surface area contributed by atoms with E-state index in [2.05, 4.69) is 10.2 Å². The van der Waals surface area contributed by atoms with E-state index in [1.165, 1.54) is 0 Å². The highest BCUT2D eigenvalue weighted by Gasteiger charge is 2.05. The quantitative estimate of drug-likeness (QED) is 0.763. The maximum Gasteiger partial charge on any atom is 0.161 e. The van der Waals surface area contributed by atoms with Gasteiger partial charge in [-0.1, -0.05) is 30.3 Å². The van der Waals surface area contributed by atoms with E-state index in [1.54, 1.807) is 19.4 Å². The lowest BCUT2D eigenvalue weighted by Gasteiger charge is -2.07. The molecule has 2 aromatic carbocycles. The summed E-state index contributed by atoms with van der Waals surface area (Å²) < 4.78 is 5.13. The third-order valence-electron chi connectivity index (χ3n) is 3.23. The topological polar surface area (TPSA) is 58.1 Å². The van der Waals surface area contributed by atoms with Crippen molar-refractivity contribution in [3.05, 3.63) is 54.9 Å². The molecule has 20 heavy (non-hydrogen) atoms.